The average Bonchev–Trinajstić information content (AvgIpc) is 2.51. The highest BCUT2D eigenvalue weighted by Gasteiger charge is 2.15. The first-order valence-corrected chi connectivity index (χ1v) is 8.47. The average molecular weight is 302 g/mol. The Morgan fingerprint density at radius 3 is 2.43 bits per heavy atom. The number of hydrogen-bond donors (Lipinski definition) is 1. The molecule has 0 aromatic heterocycles. The van der Waals surface area contributed by atoms with Gasteiger partial charge in [0.2, 0.25) is 0 Å². The zero-order valence-electron chi connectivity index (χ0n) is 13.9. The second-order valence-electron chi connectivity index (χ2n) is 5.66. The Balaban J connectivity index is 2.02. The molecule has 1 unspecified atom stereocenters. The summed E-state index contributed by atoms with van der Waals surface area (Å²) in [5, 5.41) is 3.62. The number of ether oxygens (including phenoxy) is 3. The second-order valence-corrected chi connectivity index (χ2v) is 5.66. The van der Waals surface area contributed by atoms with E-state index in [1.54, 1.807) is 7.11 Å². The van der Waals surface area contributed by atoms with Crippen LogP contribution in [0.25, 0.3) is 0 Å². The van der Waals surface area contributed by atoms with Crippen molar-refractivity contribution >= 4 is 0 Å². The molecular weight excluding hydrogens is 268 g/mol. The number of nitrogens with one attached hydrogen (secondary N) is 1. The van der Waals surface area contributed by atoms with Crippen LogP contribution in [0.4, 0.5) is 0 Å². The standard InChI is InChI=1S/C16H34N2O3/c1-3-8-18(15-16-6-4-5-7-17-16)9-10-20-13-14-21-12-11-19-2/h16-17H,3-15H2,1-2H3. The summed E-state index contributed by atoms with van der Waals surface area (Å²) >= 11 is 0. The van der Waals surface area contributed by atoms with Crippen molar-refractivity contribution in [3.63, 3.8) is 0 Å². The van der Waals surface area contributed by atoms with Crippen LogP contribution < -0.4 is 5.32 Å². The maximum absolute atomic E-state index is 5.65. The maximum Gasteiger partial charge on any atom is 0.0701 e. The minimum Gasteiger partial charge on any atom is -0.382 e. The van der Waals surface area contributed by atoms with E-state index < -0.39 is 0 Å². The third kappa shape index (κ3) is 10.2. The molecule has 1 aliphatic rings. The third-order valence-corrected chi connectivity index (χ3v) is 3.79. The van der Waals surface area contributed by atoms with Crippen LogP contribution in [-0.2, 0) is 14.2 Å². The van der Waals surface area contributed by atoms with Gasteiger partial charge in [0, 0.05) is 26.2 Å². The molecular formula is C16H34N2O3. The summed E-state index contributed by atoms with van der Waals surface area (Å²) in [5.41, 5.74) is 0. The molecule has 0 aromatic rings. The Hall–Kier alpha value is -0.200. The van der Waals surface area contributed by atoms with Gasteiger partial charge in [-0.1, -0.05) is 13.3 Å². The van der Waals surface area contributed by atoms with Crippen LogP contribution in [0.1, 0.15) is 32.6 Å². The molecule has 21 heavy (non-hydrogen) atoms. The minimum atomic E-state index is 0.648. The van der Waals surface area contributed by atoms with Gasteiger partial charge in [0.05, 0.1) is 33.0 Å². The molecule has 5 nitrogen and oxygen atoms in total. The van der Waals surface area contributed by atoms with Gasteiger partial charge in [-0.25, -0.2) is 0 Å². The maximum atomic E-state index is 5.65. The smallest absolute Gasteiger partial charge is 0.0701 e. The van der Waals surface area contributed by atoms with Crippen LogP contribution in [0.3, 0.4) is 0 Å². The van der Waals surface area contributed by atoms with Gasteiger partial charge in [-0.3, -0.25) is 4.90 Å². The van der Waals surface area contributed by atoms with E-state index in [0.29, 0.717) is 32.5 Å². The fourth-order valence-corrected chi connectivity index (χ4v) is 2.66. The number of piperidine rings is 1. The SMILES string of the molecule is CCCN(CCOCCOCCOC)CC1CCCCN1. The van der Waals surface area contributed by atoms with E-state index in [-0.39, 0.29) is 0 Å². The Morgan fingerprint density at radius 1 is 1.00 bits per heavy atom. The molecule has 1 fully saturated rings. The molecule has 0 radical (unpaired) electrons. The Bertz CT molecular complexity index is 224. The molecule has 0 aliphatic carbocycles. The lowest BCUT2D eigenvalue weighted by molar-refractivity contribution is 0.0188. The predicted molar refractivity (Wildman–Crippen MR) is 85.9 cm³/mol. The summed E-state index contributed by atoms with van der Waals surface area (Å²) in [6.07, 6.45) is 5.21. The van der Waals surface area contributed by atoms with Crippen molar-refractivity contribution in [2.24, 2.45) is 0 Å². The van der Waals surface area contributed by atoms with Gasteiger partial charge in [-0.05, 0) is 32.4 Å². The zero-order valence-corrected chi connectivity index (χ0v) is 13.9. The van der Waals surface area contributed by atoms with Crippen LogP contribution in [0, 0.1) is 0 Å². The van der Waals surface area contributed by atoms with E-state index in [4.69, 9.17) is 14.2 Å². The van der Waals surface area contributed by atoms with Gasteiger partial charge in [-0.2, -0.15) is 0 Å². The van der Waals surface area contributed by atoms with E-state index in [9.17, 15) is 0 Å². The molecule has 1 N–H and O–H groups in total. The molecule has 0 bridgehead atoms. The van der Waals surface area contributed by atoms with E-state index in [0.717, 1.165) is 26.2 Å². The normalized spacial score (nSPS) is 19.3. The molecule has 1 atom stereocenters. The molecule has 0 saturated carbocycles. The van der Waals surface area contributed by atoms with E-state index in [1.807, 2.05) is 0 Å². The van der Waals surface area contributed by atoms with Gasteiger partial charge >= 0.3 is 0 Å². The first-order chi connectivity index (χ1) is 10.4. The van der Waals surface area contributed by atoms with Crippen LogP contribution in [-0.4, -0.2) is 77.3 Å². The number of rotatable bonds is 13. The van der Waals surface area contributed by atoms with Crippen LogP contribution in [0.5, 0.6) is 0 Å². The highest BCUT2D eigenvalue weighted by atomic mass is 16.5. The van der Waals surface area contributed by atoms with Crippen molar-refractivity contribution in [3.05, 3.63) is 0 Å². The minimum absolute atomic E-state index is 0.648. The molecule has 1 rings (SSSR count). The quantitative estimate of drug-likeness (QED) is 0.523. The second kappa shape index (κ2) is 13.5. The lowest BCUT2D eigenvalue weighted by Gasteiger charge is -2.30. The highest BCUT2D eigenvalue weighted by Crippen LogP contribution is 2.08. The number of nitrogens with zero attached hydrogens (tertiary/aromatic N) is 1. The van der Waals surface area contributed by atoms with Crippen LogP contribution in [0.15, 0.2) is 0 Å². The topological polar surface area (TPSA) is 43.0 Å². The third-order valence-electron chi connectivity index (χ3n) is 3.79. The van der Waals surface area contributed by atoms with Crippen molar-refractivity contribution in [2.45, 2.75) is 38.6 Å². The zero-order chi connectivity index (χ0) is 15.2. The van der Waals surface area contributed by atoms with Crippen LogP contribution >= 0.6 is 0 Å². The van der Waals surface area contributed by atoms with Gasteiger partial charge in [-0.15, -0.1) is 0 Å². The number of methoxy groups -OCH3 is 1. The molecule has 0 amide bonds. The molecule has 126 valence electrons. The molecule has 1 heterocycles. The van der Waals surface area contributed by atoms with Crippen LogP contribution in [0.2, 0.25) is 0 Å². The van der Waals surface area contributed by atoms with Gasteiger partial charge in [0.1, 0.15) is 0 Å². The number of hydrogen-bond acceptors (Lipinski definition) is 5. The lowest BCUT2D eigenvalue weighted by Crippen LogP contribution is -2.44. The first kappa shape index (κ1) is 18.8. The Labute approximate surface area is 130 Å². The van der Waals surface area contributed by atoms with E-state index in [2.05, 4.69) is 17.1 Å². The van der Waals surface area contributed by atoms with Gasteiger partial charge < -0.3 is 19.5 Å². The first-order valence-electron chi connectivity index (χ1n) is 8.47. The lowest BCUT2D eigenvalue weighted by atomic mass is 10.0. The summed E-state index contributed by atoms with van der Waals surface area (Å²) in [7, 11) is 1.68. The fourth-order valence-electron chi connectivity index (χ4n) is 2.66. The summed E-state index contributed by atoms with van der Waals surface area (Å²) in [6, 6.07) is 0.669. The molecule has 1 saturated heterocycles. The molecule has 1 aliphatic heterocycles. The van der Waals surface area contributed by atoms with Crippen molar-refractivity contribution in [1.82, 2.24) is 10.2 Å². The fraction of sp³-hybridized carbons (Fsp3) is 1.00. The van der Waals surface area contributed by atoms with Gasteiger partial charge in [0.25, 0.3) is 0 Å². The summed E-state index contributed by atoms with van der Waals surface area (Å²) in [5.74, 6) is 0. The largest absolute Gasteiger partial charge is 0.382 e. The summed E-state index contributed by atoms with van der Waals surface area (Å²) in [6.45, 7) is 10.2. The summed E-state index contributed by atoms with van der Waals surface area (Å²) in [4.78, 5) is 2.52. The Kier molecular flexibility index (Phi) is 12.1. The van der Waals surface area contributed by atoms with Crippen molar-refractivity contribution < 1.29 is 14.2 Å². The monoisotopic (exact) mass is 302 g/mol. The van der Waals surface area contributed by atoms with Gasteiger partial charge in [0.15, 0.2) is 0 Å². The van der Waals surface area contributed by atoms with Crippen molar-refractivity contribution in [1.29, 1.82) is 0 Å². The van der Waals surface area contributed by atoms with E-state index >= 15 is 0 Å². The highest BCUT2D eigenvalue weighted by molar-refractivity contribution is 4.76. The summed E-state index contributed by atoms with van der Waals surface area (Å²) < 4.78 is 16.0. The molecule has 0 spiro atoms. The predicted octanol–water partition coefficient (Wildman–Crippen LogP) is 1.52. The Morgan fingerprint density at radius 2 is 1.76 bits per heavy atom. The van der Waals surface area contributed by atoms with Crippen molar-refractivity contribution in [2.75, 3.05) is 66.3 Å². The van der Waals surface area contributed by atoms with Crippen molar-refractivity contribution in [3.8, 4) is 0 Å². The van der Waals surface area contributed by atoms with E-state index in [1.165, 1.54) is 32.2 Å². The molecule has 0 aromatic carbocycles. The molecule has 5 heteroatoms.